The van der Waals surface area contributed by atoms with Gasteiger partial charge in [0.25, 0.3) is 5.91 Å². The number of hydrogen-bond acceptors (Lipinski definition) is 2. The van der Waals surface area contributed by atoms with Gasteiger partial charge in [-0.25, -0.2) is 0 Å². The first-order chi connectivity index (χ1) is 10.5. The molecule has 0 aliphatic carbocycles. The Bertz CT molecular complexity index is 664. The van der Waals surface area contributed by atoms with E-state index in [4.69, 9.17) is 4.74 Å². The van der Waals surface area contributed by atoms with Gasteiger partial charge in [0.15, 0.2) is 6.10 Å². The number of carbonyl (C=O) groups is 1. The van der Waals surface area contributed by atoms with Gasteiger partial charge >= 0.3 is 0 Å². The molecule has 1 amide bonds. The number of rotatable bonds is 5. The van der Waals surface area contributed by atoms with Crippen LogP contribution in [0.5, 0.6) is 5.75 Å². The molecule has 2 rings (SSSR count). The van der Waals surface area contributed by atoms with E-state index in [2.05, 4.69) is 12.2 Å². The van der Waals surface area contributed by atoms with Gasteiger partial charge in [-0.05, 0) is 49.9 Å². The van der Waals surface area contributed by atoms with Gasteiger partial charge in [0.05, 0.1) is 0 Å². The number of hydrogen-bond donors (Lipinski definition) is 1. The van der Waals surface area contributed by atoms with Crippen LogP contribution in [0, 0.1) is 13.8 Å². The highest BCUT2D eigenvalue weighted by atomic mass is 16.5. The number of anilines is 1. The Labute approximate surface area is 132 Å². The lowest BCUT2D eigenvalue weighted by molar-refractivity contribution is -0.122. The van der Waals surface area contributed by atoms with Crippen LogP contribution in [0.1, 0.15) is 30.5 Å². The summed E-state index contributed by atoms with van der Waals surface area (Å²) in [6, 6.07) is 13.8. The van der Waals surface area contributed by atoms with E-state index in [1.165, 1.54) is 0 Å². The quantitative estimate of drug-likeness (QED) is 0.895. The van der Waals surface area contributed by atoms with Gasteiger partial charge in [-0.2, -0.15) is 0 Å². The smallest absolute Gasteiger partial charge is 0.265 e. The van der Waals surface area contributed by atoms with E-state index >= 15 is 0 Å². The highest BCUT2D eigenvalue weighted by Crippen LogP contribution is 2.22. The third-order valence-corrected chi connectivity index (χ3v) is 3.75. The maximum Gasteiger partial charge on any atom is 0.265 e. The van der Waals surface area contributed by atoms with Gasteiger partial charge < -0.3 is 10.1 Å². The Hall–Kier alpha value is -2.29. The molecule has 3 nitrogen and oxygen atoms in total. The second-order valence-corrected chi connectivity index (χ2v) is 5.48. The molecule has 0 saturated heterocycles. The van der Waals surface area contributed by atoms with Crippen LogP contribution in [0.4, 0.5) is 5.69 Å². The minimum absolute atomic E-state index is 0.132. The lowest BCUT2D eigenvalue weighted by atomic mass is 10.1. The van der Waals surface area contributed by atoms with E-state index in [1.54, 1.807) is 6.92 Å². The number of aryl methyl sites for hydroxylation is 3. The summed E-state index contributed by atoms with van der Waals surface area (Å²) in [4.78, 5) is 12.4. The van der Waals surface area contributed by atoms with Crippen molar-refractivity contribution in [1.82, 2.24) is 0 Å². The fraction of sp³-hybridized carbons (Fsp3) is 0.316. The molecule has 0 heterocycles. The summed E-state index contributed by atoms with van der Waals surface area (Å²) in [6.45, 7) is 7.82. The zero-order valence-electron chi connectivity index (χ0n) is 13.6. The fourth-order valence-electron chi connectivity index (χ4n) is 2.36. The van der Waals surface area contributed by atoms with Crippen LogP contribution in [-0.4, -0.2) is 12.0 Å². The Morgan fingerprint density at radius 3 is 2.45 bits per heavy atom. The van der Waals surface area contributed by atoms with Gasteiger partial charge in [0.2, 0.25) is 0 Å². The highest BCUT2D eigenvalue weighted by molar-refractivity contribution is 5.95. The normalized spacial score (nSPS) is 11.8. The molecule has 2 aromatic carbocycles. The number of amides is 1. The molecule has 116 valence electrons. The van der Waals surface area contributed by atoms with Crippen molar-refractivity contribution >= 4 is 11.6 Å². The standard InChI is InChI=1S/C19H23NO2/c1-5-16-11-8-10-14(3)18(16)20-19(21)15(4)22-17-12-7-6-9-13(17)2/h6-12,15H,5H2,1-4H3,(H,20,21). The zero-order chi connectivity index (χ0) is 16.1. The van der Waals surface area contributed by atoms with Crippen molar-refractivity contribution in [3.63, 3.8) is 0 Å². The number of carbonyl (C=O) groups excluding carboxylic acids is 1. The minimum atomic E-state index is -0.551. The Kier molecular flexibility index (Phi) is 5.21. The molecule has 0 aliphatic heterocycles. The van der Waals surface area contributed by atoms with Crippen LogP contribution < -0.4 is 10.1 Å². The minimum Gasteiger partial charge on any atom is -0.481 e. The molecule has 1 N–H and O–H groups in total. The maximum atomic E-state index is 12.4. The zero-order valence-corrected chi connectivity index (χ0v) is 13.6. The Balaban J connectivity index is 2.11. The number of para-hydroxylation sites is 2. The molecule has 3 heteroatoms. The average Bonchev–Trinajstić information content (AvgIpc) is 2.51. The summed E-state index contributed by atoms with van der Waals surface area (Å²) in [5, 5.41) is 3.01. The van der Waals surface area contributed by atoms with Crippen molar-refractivity contribution in [1.29, 1.82) is 0 Å². The van der Waals surface area contributed by atoms with Gasteiger partial charge in [-0.15, -0.1) is 0 Å². The van der Waals surface area contributed by atoms with Crippen LogP contribution in [0.15, 0.2) is 42.5 Å². The van der Waals surface area contributed by atoms with E-state index in [-0.39, 0.29) is 5.91 Å². The Morgan fingerprint density at radius 1 is 1.09 bits per heavy atom. The van der Waals surface area contributed by atoms with Gasteiger partial charge in [-0.3, -0.25) is 4.79 Å². The molecule has 0 fully saturated rings. The molecule has 0 aromatic heterocycles. The average molecular weight is 297 g/mol. The summed E-state index contributed by atoms with van der Waals surface area (Å²) < 4.78 is 5.78. The van der Waals surface area contributed by atoms with Gasteiger partial charge in [0.1, 0.15) is 5.75 Å². The predicted octanol–water partition coefficient (Wildman–Crippen LogP) is 4.27. The molecule has 0 saturated carbocycles. The van der Waals surface area contributed by atoms with Crippen LogP contribution in [0.2, 0.25) is 0 Å². The van der Waals surface area contributed by atoms with E-state index in [0.29, 0.717) is 0 Å². The van der Waals surface area contributed by atoms with Crippen LogP contribution in [0.3, 0.4) is 0 Å². The molecule has 2 aromatic rings. The first-order valence-electron chi connectivity index (χ1n) is 7.64. The summed E-state index contributed by atoms with van der Waals surface area (Å²) in [5.74, 6) is 0.609. The van der Waals surface area contributed by atoms with E-state index in [0.717, 1.165) is 34.5 Å². The van der Waals surface area contributed by atoms with Crippen molar-refractivity contribution in [2.45, 2.75) is 40.2 Å². The topological polar surface area (TPSA) is 38.3 Å². The predicted molar refractivity (Wildman–Crippen MR) is 90.5 cm³/mol. The van der Waals surface area contributed by atoms with E-state index < -0.39 is 6.10 Å². The fourth-order valence-corrected chi connectivity index (χ4v) is 2.36. The lowest BCUT2D eigenvalue weighted by Gasteiger charge is -2.18. The molecule has 0 spiro atoms. The highest BCUT2D eigenvalue weighted by Gasteiger charge is 2.17. The Morgan fingerprint density at radius 2 is 1.77 bits per heavy atom. The molecule has 0 radical (unpaired) electrons. The molecule has 1 atom stereocenters. The number of nitrogens with one attached hydrogen (secondary N) is 1. The molecular formula is C19H23NO2. The molecule has 0 aliphatic rings. The summed E-state index contributed by atoms with van der Waals surface area (Å²) in [6.07, 6.45) is 0.329. The number of benzene rings is 2. The van der Waals surface area contributed by atoms with Gasteiger partial charge in [-0.1, -0.05) is 43.3 Å². The molecule has 22 heavy (non-hydrogen) atoms. The lowest BCUT2D eigenvalue weighted by Crippen LogP contribution is -2.31. The molecule has 0 bridgehead atoms. The SMILES string of the molecule is CCc1cccc(C)c1NC(=O)C(C)Oc1ccccc1C. The van der Waals surface area contributed by atoms with Crippen molar-refractivity contribution in [3.8, 4) is 5.75 Å². The van der Waals surface area contributed by atoms with E-state index in [1.807, 2.05) is 56.3 Å². The maximum absolute atomic E-state index is 12.4. The van der Waals surface area contributed by atoms with Crippen molar-refractivity contribution < 1.29 is 9.53 Å². The van der Waals surface area contributed by atoms with E-state index in [9.17, 15) is 4.79 Å². The van der Waals surface area contributed by atoms with Crippen molar-refractivity contribution in [3.05, 3.63) is 59.2 Å². The largest absolute Gasteiger partial charge is 0.481 e. The van der Waals surface area contributed by atoms with Gasteiger partial charge in [0, 0.05) is 5.69 Å². The molecular weight excluding hydrogens is 274 g/mol. The second-order valence-electron chi connectivity index (χ2n) is 5.48. The third kappa shape index (κ3) is 3.67. The second kappa shape index (κ2) is 7.12. The molecule has 1 unspecified atom stereocenters. The summed E-state index contributed by atoms with van der Waals surface area (Å²) >= 11 is 0. The first-order valence-corrected chi connectivity index (χ1v) is 7.64. The van der Waals surface area contributed by atoms with Crippen molar-refractivity contribution in [2.75, 3.05) is 5.32 Å². The van der Waals surface area contributed by atoms with Crippen LogP contribution in [-0.2, 0) is 11.2 Å². The number of ether oxygens (including phenoxy) is 1. The summed E-state index contributed by atoms with van der Waals surface area (Å²) in [5.41, 5.74) is 4.12. The summed E-state index contributed by atoms with van der Waals surface area (Å²) in [7, 11) is 0. The first kappa shape index (κ1) is 16.1. The van der Waals surface area contributed by atoms with Crippen LogP contribution >= 0.6 is 0 Å². The monoisotopic (exact) mass is 297 g/mol. The van der Waals surface area contributed by atoms with Crippen molar-refractivity contribution in [2.24, 2.45) is 0 Å². The van der Waals surface area contributed by atoms with Crippen LogP contribution in [0.25, 0.3) is 0 Å². The third-order valence-electron chi connectivity index (χ3n) is 3.75.